The third-order valence-corrected chi connectivity index (χ3v) is 2.70. The van der Waals surface area contributed by atoms with Gasteiger partial charge < -0.3 is 14.7 Å². The van der Waals surface area contributed by atoms with Crippen molar-refractivity contribution in [2.45, 2.75) is 12.6 Å². The Labute approximate surface area is 123 Å². The maximum absolute atomic E-state index is 13.9. The molecule has 9 heteroatoms. The van der Waals surface area contributed by atoms with Gasteiger partial charge in [-0.25, -0.2) is 9.18 Å². The van der Waals surface area contributed by atoms with Crippen LogP contribution in [0, 0.1) is 5.82 Å². The fourth-order valence-corrected chi connectivity index (χ4v) is 1.80. The van der Waals surface area contributed by atoms with E-state index in [9.17, 15) is 27.2 Å². The van der Waals surface area contributed by atoms with Crippen LogP contribution < -0.4 is 4.90 Å². The summed E-state index contributed by atoms with van der Waals surface area (Å²) >= 11 is 0. The lowest BCUT2D eigenvalue weighted by Crippen LogP contribution is -2.43. The van der Waals surface area contributed by atoms with Gasteiger partial charge in [0, 0.05) is 20.3 Å². The Morgan fingerprint density at radius 1 is 1.32 bits per heavy atom. The molecule has 22 heavy (non-hydrogen) atoms. The minimum atomic E-state index is -5.26. The molecule has 1 aromatic rings. The van der Waals surface area contributed by atoms with Gasteiger partial charge in [0.05, 0.1) is 11.3 Å². The predicted molar refractivity (Wildman–Crippen MR) is 68.3 cm³/mol. The zero-order valence-corrected chi connectivity index (χ0v) is 11.5. The van der Waals surface area contributed by atoms with Gasteiger partial charge in [0.1, 0.15) is 5.82 Å². The molecule has 0 heterocycles. The van der Waals surface area contributed by atoms with E-state index < -0.39 is 41.7 Å². The third kappa shape index (κ3) is 4.17. The summed E-state index contributed by atoms with van der Waals surface area (Å²) in [6, 6.07) is 2.75. The van der Waals surface area contributed by atoms with Crippen molar-refractivity contribution in [2.75, 3.05) is 25.2 Å². The SMILES string of the molecule is COCCCN(C(=O)C(F)(F)F)c1c(F)cccc1C(=O)O. The average molecular weight is 323 g/mol. The van der Waals surface area contributed by atoms with Gasteiger partial charge in [-0.1, -0.05) is 6.07 Å². The molecule has 1 N–H and O–H groups in total. The Balaban J connectivity index is 3.32. The van der Waals surface area contributed by atoms with Crippen LogP contribution in [0.1, 0.15) is 16.8 Å². The second-order valence-electron chi connectivity index (χ2n) is 4.24. The Morgan fingerprint density at radius 2 is 1.95 bits per heavy atom. The average Bonchev–Trinajstić information content (AvgIpc) is 2.42. The van der Waals surface area contributed by atoms with E-state index >= 15 is 0 Å². The number of hydrogen-bond acceptors (Lipinski definition) is 3. The highest BCUT2D eigenvalue weighted by molar-refractivity contribution is 6.03. The van der Waals surface area contributed by atoms with Crippen molar-refractivity contribution < 1.29 is 37.0 Å². The van der Waals surface area contributed by atoms with Crippen molar-refractivity contribution >= 4 is 17.6 Å². The van der Waals surface area contributed by atoms with Crippen LogP contribution in [0.2, 0.25) is 0 Å². The number of halogens is 4. The van der Waals surface area contributed by atoms with Crippen LogP contribution in [0.3, 0.4) is 0 Å². The van der Waals surface area contributed by atoms with Crippen molar-refractivity contribution in [1.29, 1.82) is 0 Å². The van der Waals surface area contributed by atoms with Crippen molar-refractivity contribution in [3.63, 3.8) is 0 Å². The lowest BCUT2D eigenvalue weighted by atomic mass is 10.1. The van der Waals surface area contributed by atoms with E-state index in [1.807, 2.05) is 0 Å². The number of nitrogens with zero attached hydrogens (tertiary/aromatic N) is 1. The standard InChI is InChI=1S/C13H13F4NO4/c1-22-7-3-6-18(12(21)13(15,16)17)10-8(11(19)20)4-2-5-9(10)14/h2,4-5H,3,6-7H2,1H3,(H,19,20). The Morgan fingerprint density at radius 3 is 2.45 bits per heavy atom. The monoisotopic (exact) mass is 323 g/mol. The fourth-order valence-electron chi connectivity index (χ4n) is 1.80. The van der Waals surface area contributed by atoms with Gasteiger partial charge >= 0.3 is 18.1 Å². The Kier molecular flexibility index (Phi) is 5.86. The van der Waals surface area contributed by atoms with Crippen LogP contribution in [-0.4, -0.2) is 43.4 Å². The first kappa shape index (κ1) is 17.9. The summed E-state index contributed by atoms with van der Waals surface area (Å²) in [6.07, 6.45) is -5.28. The molecule has 0 aliphatic carbocycles. The summed E-state index contributed by atoms with van der Waals surface area (Å²) < 4.78 is 56.5. The normalized spacial score (nSPS) is 11.3. The summed E-state index contributed by atoms with van der Waals surface area (Å²) in [5.74, 6) is -5.20. The molecule has 0 aliphatic heterocycles. The second kappa shape index (κ2) is 7.21. The molecule has 0 spiro atoms. The lowest BCUT2D eigenvalue weighted by Gasteiger charge is -2.25. The fraction of sp³-hybridized carbons (Fsp3) is 0.385. The zero-order chi connectivity index (χ0) is 16.9. The molecule has 122 valence electrons. The second-order valence-corrected chi connectivity index (χ2v) is 4.24. The van der Waals surface area contributed by atoms with Gasteiger partial charge in [-0.15, -0.1) is 0 Å². The van der Waals surface area contributed by atoms with Crippen molar-refractivity contribution in [3.05, 3.63) is 29.6 Å². The number of aromatic carboxylic acids is 1. The summed E-state index contributed by atoms with van der Waals surface area (Å²) in [4.78, 5) is 22.6. The first-order valence-corrected chi connectivity index (χ1v) is 6.09. The lowest BCUT2D eigenvalue weighted by molar-refractivity contribution is -0.170. The molecule has 0 atom stereocenters. The molecule has 0 fully saturated rings. The smallest absolute Gasteiger partial charge is 0.471 e. The number of ether oxygens (including phenoxy) is 1. The molecule has 0 bridgehead atoms. The maximum atomic E-state index is 13.9. The van der Waals surface area contributed by atoms with E-state index in [4.69, 9.17) is 5.11 Å². The van der Waals surface area contributed by atoms with Crippen LogP contribution in [0.5, 0.6) is 0 Å². The number of carboxylic acids is 1. The molecule has 0 radical (unpaired) electrons. The number of methoxy groups -OCH3 is 1. The van der Waals surface area contributed by atoms with E-state index in [-0.39, 0.29) is 17.9 Å². The number of rotatable bonds is 6. The van der Waals surface area contributed by atoms with Gasteiger partial charge in [0.2, 0.25) is 0 Å². The van der Waals surface area contributed by atoms with Crippen molar-refractivity contribution in [2.24, 2.45) is 0 Å². The number of para-hydroxylation sites is 1. The van der Waals surface area contributed by atoms with Crippen LogP contribution in [0.15, 0.2) is 18.2 Å². The number of carbonyl (C=O) groups excluding carboxylic acids is 1. The van der Waals surface area contributed by atoms with E-state index in [0.717, 1.165) is 18.2 Å². The molecular weight excluding hydrogens is 310 g/mol. The number of carbonyl (C=O) groups is 2. The topological polar surface area (TPSA) is 66.8 Å². The number of carboxylic acid groups (broad SMARTS) is 1. The van der Waals surface area contributed by atoms with Gasteiger partial charge in [0.15, 0.2) is 0 Å². The van der Waals surface area contributed by atoms with Crippen molar-refractivity contribution in [3.8, 4) is 0 Å². The van der Waals surface area contributed by atoms with E-state index in [2.05, 4.69) is 4.74 Å². The van der Waals surface area contributed by atoms with Crippen molar-refractivity contribution in [1.82, 2.24) is 0 Å². The predicted octanol–water partition coefficient (Wildman–Crippen LogP) is 2.46. The quantitative estimate of drug-likeness (QED) is 0.645. The number of amides is 1. The number of hydrogen-bond donors (Lipinski definition) is 1. The third-order valence-electron chi connectivity index (χ3n) is 2.70. The van der Waals surface area contributed by atoms with Gasteiger partial charge in [-0.3, -0.25) is 4.79 Å². The van der Waals surface area contributed by atoms with Crippen LogP contribution >= 0.6 is 0 Å². The molecule has 5 nitrogen and oxygen atoms in total. The first-order chi connectivity index (χ1) is 10.2. The summed E-state index contributed by atoms with van der Waals surface area (Å²) in [7, 11) is 1.31. The van der Waals surface area contributed by atoms with Gasteiger partial charge in [-0.05, 0) is 18.6 Å². The number of anilines is 1. The summed E-state index contributed by atoms with van der Waals surface area (Å²) in [5.41, 5.74) is -1.64. The molecule has 0 saturated carbocycles. The van der Waals surface area contributed by atoms with Crippen LogP contribution in [-0.2, 0) is 9.53 Å². The zero-order valence-electron chi connectivity index (χ0n) is 11.5. The van der Waals surface area contributed by atoms with E-state index in [1.165, 1.54) is 7.11 Å². The highest BCUT2D eigenvalue weighted by atomic mass is 19.4. The minimum Gasteiger partial charge on any atom is -0.478 e. The van der Waals surface area contributed by atoms with Gasteiger partial charge in [-0.2, -0.15) is 13.2 Å². The molecule has 0 aliphatic rings. The maximum Gasteiger partial charge on any atom is 0.471 e. The van der Waals surface area contributed by atoms with E-state index in [1.54, 1.807) is 0 Å². The summed E-state index contributed by atoms with van der Waals surface area (Å²) in [5, 5.41) is 8.98. The highest BCUT2D eigenvalue weighted by Gasteiger charge is 2.44. The highest BCUT2D eigenvalue weighted by Crippen LogP contribution is 2.29. The minimum absolute atomic E-state index is 0.0221. The molecule has 0 aromatic heterocycles. The Bertz CT molecular complexity index is 559. The van der Waals surface area contributed by atoms with Crippen LogP contribution in [0.25, 0.3) is 0 Å². The van der Waals surface area contributed by atoms with Gasteiger partial charge in [0.25, 0.3) is 0 Å². The summed E-state index contributed by atoms with van der Waals surface area (Å²) in [6.45, 7) is -0.508. The molecule has 0 unspecified atom stereocenters. The molecule has 1 amide bonds. The Hall–Kier alpha value is -2.16. The molecule has 1 aromatic carbocycles. The molecule has 0 saturated heterocycles. The molecular formula is C13H13F4NO4. The number of alkyl halides is 3. The number of benzene rings is 1. The molecule has 1 rings (SSSR count). The first-order valence-electron chi connectivity index (χ1n) is 6.09. The van der Waals surface area contributed by atoms with Crippen LogP contribution in [0.4, 0.5) is 23.2 Å². The van der Waals surface area contributed by atoms with E-state index in [0.29, 0.717) is 0 Å². The largest absolute Gasteiger partial charge is 0.478 e.